The summed E-state index contributed by atoms with van der Waals surface area (Å²) in [5.41, 5.74) is 4.37. The highest BCUT2D eigenvalue weighted by molar-refractivity contribution is 5.94. The lowest BCUT2D eigenvalue weighted by molar-refractivity contribution is 0.0696. The minimum Gasteiger partial charge on any atom is -0.478 e. The molecule has 4 nitrogen and oxygen atoms in total. The lowest BCUT2D eigenvalue weighted by Crippen LogP contribution is -2.08. The van der Waals surface area contributed by atoms with Gasteiger partial charge in [-0.05, 0) is 13.0 Å². The molecule has 0 radical (unpaired) electrons. The van der Waals surface area contributed by atoms with Crippen LogP contribution in [-0.2, 0) is 0 Å². The van der Waals surface area contributed by atoms with E-state index in [9.17, 15) is 13.6 Å². The molecule has 0 amide bonds. The van der Waals surface area contributed by atoms with Gasteiger partial charge in [-0.2, -0.15) is 0 Å². The largest absolute Gasteiger partial charge is 0.478 e. The third kappa shape index (κ3) is 1.78. The van der Waals surface area contributed by atoms with Gasteiger partial charge in [-0.15, -0.1) is 0 Å². The molecule has 0 saturated heterocycles. The summed E-state index contributed by atoms with van der Waals surface area (Å²) >= 11 is 0. The molecule has 0 atom stereocenters. The van der Waals surface area contributed by atoms with Crippen LogP contribution < -0.4 is 5.73 Å². The lowest BCUT2D eigenvalue weighted by Gasteiger charge is -2.07. The fraction of sp³-hybridized carbons (Fsp3) is 0.250. The zero-order valence-corrected chi connectivity index (χ0v) is 7.29. The summed E-state index contributed by atoms with van der Waals surface area (Å²) in [7, 11) is 0. The van der Waals surface area contributed by atoms with Gasteiger partial charge in [0.05, 0.1) is 5.69 Å². The van der Waals surface area contributed by atoms with Gasteiger partial charge in [0.15, 0.2) is 0 Å². The number of aromatic nitrogens is 1. The highest BCUT2D eigenvalue weighted by atomic mass is 19.3. The Kier molecular flexibility index (Phi) is 2.64. The Hall–Kier alpha value is -1.72. The summed E-state index contributed by atoms with van der Waals surface area (Å²) in [4.78, 5) is 14.1. The number of nitrogen functional groups attached to an aromatic ring is 1. The molecule has 1 rings (SSSR count). The number of halogens is 2. The second kappa shape index (κ2) is 3.57. The zero-order chi connectivity index (χ0) is 10.9. The molecule has 3 N–H and O–H groups in total. The third-order valence-corrected chi connectivity index (χ3v) is 1.69. The highest BCUT2D eigenvalue weighted by Gasteiger charge is 2.17. The minimum absolute atomic E-state index is 0.00667. The second-order valence-electron chi connectivity index (χ2n) is 2.70. The molecular formula is C8H8F2N2O2. The van der Waals surface area contributed by atoms with E-state index < -0.39 is 18.1 Å². The van der Waals surface area contributed by atoms with Crippen molar-refractivity contribution in [3.63, 3.8) is 0 Å². The van der Waals surface area contributed by atoms with Crippen molar-refractivity contribution in [3.05, 3.63) is 23.0 Å². The van der Waals surface area contributed by atoms with Crippen molar-refractivity contribution in [3.8, 4) is 0 Å². The van der Waals surface area contributed by atoms with E-state index in [-0.39, 0.29) is 16.9 Å². The summed E-state index contributed by atoms with van der Waals surface area (Å²) in [5, 5.41) is 8.67. The van der Waals surface area contributed by atoms with Crippen molar-refractivity contribution in [1.29, 1.82) is 0 Å². The molecule has 0 unspecified atom stereocenters. The maximum atomic E-state index is 12.2. The average Bonchev–Trinajstić information content (AvgIpc) is 2.01. The maximum Gasteiger partial charge on any atom is 0.339 e. The van der Waals surface area contributed by atoms with Crippen LogP contribution in [0.25, 0.3) is 0 Å². The van der Waals surface area contributed by atoms with Crippen molar-refractivity contribution in [1.82, 2.24) is 4.98 Å². The Morgan fingerprint density at radius 1 is 1.64 bits per heavy atom. The Morgan fingerprint density at radius 3 is 2.57 bits per heavy atom. The predicted octanol–water partition coefficient (Wildman–Crippen LogP) is 1.61. The van der Waals surface area contributed by atoms with Gasteiger partial charge in [0, 0.05) is 5.69 Å². The number of carbonyl (C=O) groups is 1. The van der Waals surface area contributed by atoms with Crippen LogP contribution in [0.3, 0.4) is 0 Å². The Labute approximate surface area is 78.4 Å². The molecule has 0 aliphatic rings. The molecule has 14 heavy (non-hydrogen) atoms. The Balaban J connectivity index is 3.32. The molecule has 0 aliphatic heterocycles. The molecule has 0 saturated carbocycles. The van der Waals surface area contributed by atoms with Gasteiger partial charge in [-0.1, -0.05) is 0 Å². The summed E-state index contributed by atoms with van der Waals surface area (Å²) < 4.78 is 24.4. The number of nitrogens with two attached hydrogens (primary N) is 1. The first-order valence-corrected chi connectivity index (χ1v) is 3.72. The topological polar surface area (TPSA) is 76.2 Å². The van der Waals surface area contributed by atoms with Crippen molar-refractivity contribution >= 4 is 11.7 Å². The molecule has 6 heteroatoms. The second-order valence-corrected chi connectivity index (χ2v) is 2.70. The number of aryl methyl sites for hydroxylation is 1. The smallest absolute Gasteiger partial charge is 0.339 e. The summed E-state index contributed by atoms with van der Waals surface area (Å²) in [6, 6.07) is 0.876. The summed E-state index contributed by atoms with van der Waals surface area (Å²) in [5.74, 6) is -1.27. The summed E-state index contributed by atoms with van der Waals surface area (Å²) in [6.45, 7) is 1.33. The molecule has 0 fully saturated rings. The predicted molar refractivity (Wildman–Crippen MR) is 45.3 cm³/mol. The maximum absolute atomic E-state index is 12.2. The van der Waals surface area contributed by atoms with Gasteiger partial charge in [0.1, 0.15) is 11.3 Å². The van der Waals surface area contributed by atoms with Gasteiger partial charge in [0.25, 0.3) is 6.43 Å². The minimum atomic E-state index is -2.75. The van der Waals surface area contributed by atoms with Crippen LogP contribution in [0.5, 0.6) is 0 Å². The number of carboxylic acid groups (broad SMARTS) is 1. The standard InChI is InChI=1S/C8H8F2N2O2/c1-3-6(8(13)14)4(11)2-5(12-3)7(9)10/h2,7H,1H3,(H2,11,12)(H,13,14). The monoisotopic (exact) mass is 202 g/mol. The number of alkyl halides is 2. The third-order valence-electron chi connectivity index (χ3n) is 1.69. The van der Waals surface area contributed by atoms with Crippen LogP contribution in [0.1, 0.15) is 28.2 Å². The average molecular weight is 202 g/mol. The SMILES string of the molecule is Cc1nc(C(F)F)cc(N)c1C(=O)O. The number of carboxylic acids is 1. The van der Waals surface area contributed by atoms with Crippen molar-refractivity contribution in [2.24, 2.45) is 0 Å². The number of hydrogen-bond donors (Lipinski definition) is 2. The van der Waals surface area contributed by atoms with Gasteiger partial charge < -0.3 is 10.8 Å². The van der Waals surface area contributed by atoms with Gasteiger partial charge in [0.2, 0.25) is 0 Å². The molecule has 0 aromatic carbocycles. The van der Waals surface area contributed by atoms with E-state index >= 15 is 0 Å². The fourth-order valence-corrected chi connectivity index (χ4v) is 1.11. The van der Waals surface area contributed by atoms with E-state index in [0.29, 0.717) is 0 Å². The fourth-order valence-electron chi connectivity index (χ4n) is 1.11. The molecule has 1 heterocycles. The quantitative estimate of drug-likeness (QED) is 0.763. The van der Waals surface area contributed by atoms with Gasteiger partial charge in [-0.25, -0.2) is 13.6 Å². The van der Waals surface area contributed by atoms with Gasteiger partial charge >= 0.3 is 5.97 Å². The molecule has 0 aliphatic carbocycles. The highest BCUT2D eigenvalue weighted by Crippen LogP contribution is 2.23. The lowest BCUT2D eigenvalue weighted by atomic mass is 10.1. The van der Waals surface area contributed by atoms with E-state index in [2.05, 4.69) is 4.98 Å². The summed E-state index contributed by atoms with van der Waals surface area (Å²) in [6.07, 6.45) is -2.75. The molecule has 1 aromatic heterocycles. The molecular weight excluding hydrogens is 194 g/mol. The van der Waals surface area contributed by atoms with Crippen LogP contribution in [0.4, 0.5) is 14.5 Å². The first kappa shape index (κ1) is 10.4. The van der Waals surface area contributed by atoms with Crippen LogP contribution in [0.2, 0.25) is 0 Å². The first-order valence-electron chi connectivity index (χ1n) is 3.72. The van der Waals surface area contributed by atoms with Crippen molar-refractivity contribution < 1.29 is 18.7 Å². The molecule has 1 aromatic rings. The van der Waals surface area contributed by atoms with Crippen LogP contribution in [0.15, 0.2) is 6.07 Å². The number of pyridine rings is 1. The van der Waals surface area contributed by atoms with Gasteiger partial charge in [-0.3, -0.25) is 4.98 Å². The normalized spacial score (nSPS) is 10.6. The Morgan fingerprint density at radius 2 is 2.21 bits per heavy atom. The van der Waals surface area contributed by atoms with Crippen LogP contribution in [0, 0.1) is 6.92 Å². The molecule has 76 valence electrons. The zero-order valence-electron chi connectivity index (χ0n) is 7.29. The number of rotatable bonds is 2. The number of aromatic carboxylic acids is 1. The van der Waals surface area contributed by atoms with E-state index in [1.165, 1.54) is 6.92 Å². The molecule has 0 spiro atoms. The Bertz CT molecular complexity index is 357. The first-order chi connectivity index (χ1) is 6.43. The number of anilines is 1. The van der Waals surface area contributed by atoms with Crippen molar-refractivity contribution in [2.75, 3.05) is 5.73 Å². The van der Waals surface area contributed by atoms with Crippen LogP contribution >= 0.6 is 0 Å². The van der Waals surface area contributed by atoms with Crippen molar-refractivity contribution in [2.45, 2.75) is 13.3 Å². The van der Waals surface area contributed by atoms with E-state index in [0.717, 1.165) is 6.07 Å². The molecule has 0 bridgehead atoms. The number of hydrogen-bond acceptors (Lipinski definition) is 3. The van der Waals surface area contributed by atoms with E-state index in [1.54, 1.807) is 0 Å². The number of nitrogens with zero attached hydrogens (tertiary/aromatic N) is 1. The van der Waals surface area contributed by atoms with E-state index in [4.69, 9.17) is 10.8 Å². The van der Waals surface area contributed by atoms with E-state index in [1.807, 2.05) is 0 Å². The van der Waals surface area contributed by atoms with Crippen LogP contribution in [-0.4, -0.2) is 16.1 Å².